The minimum absolute atomic E-state index is 0.0966. The summed E-state index contributed by atoms with van der Waals surface area (Å²) in [5.41, 5.74) is -0.786. The number of H-pyrrole nitrogens is 2. The number of rotatable bonds is 4. The summed E-state index contributed by atoms with van der Waals surface area (Å²) in [6, 6.07) is 0. The SMILES string of the molecule is Cn1c(=O)[nH]c(=O)c2[nH]c(CC3(CC(=O)O)CCCC3)nc21. The van der Waals surface area contributed by atoms with Crippen molar-refractivity contribution in [3.05, 3.63) is 26.7 Å². The van der Waals surface area contributed by atoms with Crippen LogP contribution in [0.15, 0.2) is 9.59 Å². The Kier molecular flexibility index (Phi) is 3.38. The van der Waals surface area contributed by atoms with E-state index in [4.69, 9.17) is 5.11 Å². The van der Waals surface area contributed by atoms with Crippen LogP contribution in [-0.4, -0.2) is 30.6 Å². The van der Waals surface area contributed by atoms with Crippen LogP contribution in [0.3, 0.4) is 0 Å². The molecular formula is C14H18N4O4. The lowest BCUT2D eigenvalue weighted by Gasteiger charge is -2.25. The van der Waals surface area contributed by atoms with Gasteiger partial charge in [0.2, 0.25) is 0 Å². The predicted octanol–water partition coefficient (Wildman–Crippen LogP) is 0.527. The number of imidazole rings is 1. The number of hydrogen-bond donors (Lipinski definition) is 3. The van der Waals surface area contributed by atoms with E-state index in [1.807, 2.05) is 0 Å². The Balaban J connectivity index is 2.02. The van der Waals surface area contributed by atoms with E-state index >= 15 is 0 Å². The molecule has 8 heteroatoms. The lowest BCUT2D eigenvalue weighted by atomic mass is 9.79. The van der Waals surface area contributed by atoms with E-state index in [9.17, 15) is 14.4 Å². The molecule has 3 rings (SSSR count). The lowest BCUT2D eigenvalue weighted by molar-refractivity contribution is -0.139. The summed E-state index contributed by atoms with van der Waals surface area (Å²) in [6.45, 7) is 0. The maximum Gasteiger partial charge on any atom is 0.329 e. The van der Waals surface area contributed by atoms with Gasteiger partial charge in [0.15, 0.2) is 5.65 Å². The fourth-order valence-corrected chi connectivity index (χ4v) is 3.45. The van der Waals surface area contributed by atoms with Gasteiger partial charge in [-0.05, 0) is 18.3 Å². The Morgan fingerprint density at radius 3 is 2.64 bits per heavy atom. The van der Waals surface area contributed by atoms with Gasteiger partial charge in [-0.2, -0.15) is 0 Å². The number of carbonyl (C=O) groups is 1. The molecule has 8 nitrogen and oxygen atoms in total. The van der Waals surface area contributed by atoms with Crippen molar-refractivity contribution in [3.63, 3.8) is 0 Å². The van der Waals surface area contributed by atoms with Crippen molar-refractivity contribution in [1.82, 2.24) is 19.5 Å². The fraction of sp³-hybridized carbons (Fsp3) is 0.571. The van der Waals surface area contributed by atoms with Crippen LogP contribution in [-0.2, 0) is 18.3 Å². The molecule has 0 aliphatic heterocycles. The third-order valence-electron chi connectivity index (χ3n) is 4.54. The van der Waals surface area contributed by atoms with Crippen molar-refractivity contribution in [2.45, 2.75) is 38.5 Å². The molecule has 22 heavy (non-hydrogen) atoms. The van der Waals surface area contributed by atoms with Gasteiger partial charge in [0.1, 0.15) is 11.3 Å². The van der Waals surface area contributed by atoms with E-state index in [2.05, 4.69) is 15.0 Å². The van der Waals surface area contributed by atoms with Gasteiger partial charge in [-0.3, -0.25) is 19.1 Å². The lowest BCUT2D eigenvalue weighted by Crippen LogP contribution is -2.28. The Bertz CT molecular complexity index is 839. The molecule has 0 bridgehead atoms. The summed E-state index contributed by atoms with van der Waals surface area (Å²) in [6.07, 6.45) is 4.26. The van der Waals surface area contributed by atoms with Crippen molar-refractivity contribution >= 4 is 17.1 Å². The second kappa shape index (κ2) is 5.11. The highest BCUT2D eigenvalue weighted by Crippen LogP contribution is 2.43. The zero-order valence-corrected chi connectivity index (χ0v) is 12.3. The molecule has 0 aromatic carbocycles. The topological polar surface area (TPSA) is 121 Å². The maximum absolute atomic E-state index is 11.8. The molecule has 2 heterocycles. The number of aryl methyl sites for hydroxylation is 1. The molecular weight excluding hydrogens is 288 g/mol. The average molecular weight is 306 g/mol. The van der Waals surface area contributed by atoms with Gasteiger partial charge in [0.25, 0.3) is 5.56 Å². The third-order valence-corrected chi connectivity index (χ3v) is 4.54. The standard InChI is InChI=1S/C14H18N4O4/c1-18-11-10(12(21)17-13(18)22)15-8(16-11)6-14(7-9(19)20)4-2-3-5-14/h2-7H2,1H3,(H,15,16)(H,19,20)(H,17,21,22). The molecule has 1 aliphatic carbocycles. The van der Waals surface area contributed by atoms with Crippen molar-refractivity contribution in [2.75, 3.05) is 0 Å². The average Bonchev–Trinajstić information content (AvgIpc) is 3.03. The van der Waals surface area contributed by atoms with Crippen LogP contribution in [0.1, 0.15) is 37.9 Å². The van der Waals surface area contributed by atoms with Crippen LogP contribution < -0.4 is 11.2 Å². The number of carboxylic acids is 1. The molecule has 0 unspecified atom stereocenters. The first-order chi connectivity index (χ1) is 10.4. The minimum Gasteiger partial charge on any atom is -0.481 e. The van der Waals surface area contributed by atoms with E-state index in [0.29, 0.717) is 17.9 Å². The van der Waals surface area contributed by atoms with Gasteiger partial charge in [-0.25, -0.2) is 9.78 Å². The quantitative estimate of drug-likeness (QED) is 0.760. The summed E-state index contributed by atoms with van der Waals surface area (Å²) < 4.78 is 1.27. The number of fused-ring (bicyclic) bond motifs is 1. The van der Waals surface area contributed by atoms with Gasteiger partial charge in [-0.15, -0.1) is 0 Å². The summed E-state index contributed by atoms with van der Waals surface area (Å²) in [7, 11) is 1.54. The van der Waals surface area contributed by atoms with Crippen LogP contribution in [0.25, 0.3) is 11.2 Å². The first kappa shape index (κ1) is 14.6. The molecule has 2 aromatic heterocycles. The number of nitrogens with zero attached hydrogens (tertiary/aromatic N) is 2. The van der Waals surface area contributed by atoms with Crippen molar-refractivity contribution in [2.24, 2.45) is 12.5 Å². The molecule has 0 radical (unpaired) electrons. The Morgan fingerprint density at radius 1 is 1.32 bits per heavy atom. The van der Waals surface area contributed by atoms with E-state index in [1.165, 1.54) is 11.6 Å². The predicted molar refractivity (Wildman–Crippen MR) is 78.8 cm³/mol. The fourth-order valence-electron chi connectivity index (χ4n) is 3.45. The number of aromatic amines is 2. The van der Waals surface area contributed by atoms with Crippen LogP contribution in [0.5, 0.6) is 0 Å². The molecule has 2 aromatic rings. The molecule has 0 saturated heterocycles. The number of nitrogens with one attached hydrogen (secondary N) is 2. The van der Waals surface area contributed by atoms with Crippen molar-refractivity contribution in [1.29, 1.82) is 0 Å². The first-order valence-corrected chi connectivity index (χ1v) is 7.30. The van der Waals surface area contributed by atoms with Crippen molar-refractivity contribution in [3.8, 4) is 0 Å². The van der Waals surface area contributed by atoms with Crippen LogP contribution in [0.4, 0.5) is 0 Å². The zero-order chi connectivity index (χ0) is 15.9. The second-order valence-corrected chi connectivity index (χ2v) is 6.15. The molecule has 118 valence electrons. The molecule has 0 atom stereocenters. The van der Waals surface area contributed by atoms with Gasteiger partial charge in [-0.1, -0.05) is 12.8 Å². The molecule has 1 aliphatic rings. The second-order valence-electron chi connectivity index (χ2n) is 6.15. The van der Waals surface area contributed by atoms with E-state index in [-0.39, 0.29) is 17.4 Å². The number of carboxylic acid groups (broad SMARTS) is 1. The van der Waals surface area contributed by atoms with Gasteiger partial charge in [0.05, 0.1) is 6.42 Å². The van der Waals surface area contributed by atoms with Gasteiger partial charge in [0, 0.05) is 13.5 Å². The molecule has 1 fully saturated rings. The van der Waals surface area contributed by atoms with Crippen LogP contribution >= 0.6 is 0 Å². The molecule has 3 N–H and O–H groups in total. The maximum atomic E-state index is 11.8. The Morgan fingerprint density at radius 2 is 2.00 bits per heavy atom. The van der Waals surface area contributed by atoms with Gasteiger partial charge >= 0.3 is 11.7 Å². The molecule has 1 saturated carbocycles. The largest absolute Gasteiger partial charge is 0.481 e. The normalized spacial score (nSPS) is 17.1. The highest BCUT2D eigenvalue weighted by molar-refractivity contribution is 5.70. The third kappa shape index (κ3) is 2.44. The Labute approximate surface area is 125 Å². The monoisotopic (exact) mass is 306 g/mol. The zero-order valence-electron chi connectivity index (χ0n) is 12.3. The highest BCUT2D eigenvalue weighted by Gasteiger charge is 2.37. The van der Waals surface area contributed by atoms with E-state index < -0.39 is 17.2 Å². The van der Waals surface area contributed by atoms with Crippen molar-refractivity contribution < 1.29 is 9.90 Å². The summed E-state index contributed by atoms with van der Waals surface area (Å²) in [4.78, 5) is 44.1. The van der Waals surface area contributed by atoms with Gasteiger partial charge < -0.3 is 10.1 Å². The van der Waals surface area contributed by atoms with Crippen LogP contribution in [0.2, 0.25) is 0 Å². The number of hydrogen-bond acceptors (Lipinski definition) is 4. The van der Waals surface area contributed by atoms with Crippen LogP contribution in [0, 0.1) is 5.41 Å². The number of aliphatic carboxylic acids is 1. The molecule has 0 amide bonds. The summed E-state index contributed by atoms with van der Waals surface area (Å²) in [5, 5.41) is 9.15. The summed E-state index contributed by atoms with van der Waals surface area (Å²) in [5.74, 6) is -0.256. The Hall–Kier alpha value is -2.38. The van der Waals surface area contributed by atoms with E-state index in [1.54, 1.807) is 0 Å². The smallest absolute Gasteiger partial charge is 0.329 e. The summed E-state index contributed by atoms with van der Waals surface area (Å²) >= 11 is 0. The minimum atomic E-state index is -0.816. The number of aromatic nitrogens is 4. The highest BCUT2D eigenvalue weighted by atomic mass is 16.4. The molecule has 0 spiro atoms. The first-order valence-electron chi connectivity index (χ1n) is 7.30. The van der Waals surface area contributed by atoms with E-state index in [0.717, 1.165) is 25.7 Å².